The highest BCUT2D eigenvalue weighted by molar-refractivity contribution is 5.74. The van der Waals surface area contributed by atoms with E-state index in [1.165, 1.54) is 0 Å². The zero-order valence-electron chi connectivity index (χ0n) is 7.27. The lowest BCUT2D eigenvalue weighted by Gasteiger charge is -2.03. The molecular formula is C10H12O3. The molecule has 3 nitrogen and oxygen atoms in total. The van der Waals surface area contributed by atoms with Crippen molar-refractivity contribution in [2.24, 2.45) is 0 Å². The molecular weight excluding hydrogens is 168 g/mol. The van der Waals surface area contributed by atoms with Crippen LogP contribution in [-0.2, 0) is 0 Å². The summed E-state index contributed by atoms with van der Waals surface area (Å²) in [4.78, 5) is 10.3. The zero-order valence-corrected chi connectivity index (χ0v) is 7.27. The highest BCUT2D eigenvalue weighted by Crippen LogP contribution is 2.10. The van der Waals surface area contributed by atoms with Crippen LogP contribution in [-0.4, -0.2) is 24.6 Å². The molecule has 0 heterocycles. The average Bonchev–Trinajstić information content (AvgIpc) is 2.19. The number of benzene rings is 1. The van der Waals surface area contributed by atoms with E-state index in [0.29, 0.717) is 18.6 Å². The zero-order chi connectivity index (χ0) is 9.52. The molecule has 0 amide bonds. The number of hydrogen-bond donors (Lipinski definition) is 1. The minimum absolute atomic E-state index is 0.131. The molecule has 13 heavy (non-hydrogen) atoms. The highest BCUT2D eigenvalue weighted by atomic mass is 16.5. The summed E-state index contributed by atoms with van der Waals surface area (Å²) >= 11 is 0. The number of carbonyl (C=O) groups is 1. The second-order valence-corrected chi connectivity index (χ2v) is 2.61. The number of aldehydes is 1. The summed E-state index contributed by atoms with van der Waals surface area (Å²) in [6.07, 6.45) is 1.41. The van der Waals surface area contributed by atoms with Crippen LogP contribution in [0, 0.1) is 0 Å². The molecule has 1 aromatic rings. The Morgan fingerprint density at radius 1 is 1.31 bits per heavy atom. The van der Waals surface area contributed by atoms with E-state index in [2.05, 4.69) is 0 Å². The first kappa shape index (κ1) is 9.74. The molecule has 70 valence electrons. The van der Waals surface area contributed by atoms with Gasteiger partial charge in [-0.15, -0.1) is 0 Å². The van der Waals surface area contributed by atoms with E-state index in [4.69, 9.17) is 9.84 Å². The SMILES string of the molecule is O=Cc1ccc(OCCCO)cc1. The van der Waals surface area contributed by atoms with Gasteiger partial charge in [0.1, 0.15) is 12.0 Å². The van der Waals surface area contributed by atoms with Gasteiger partial charge in [0.05, 0.1) is 6.61 Å². The summed E-state index contributed by atoms with van der Waals surface area (Å²) in [6, 6.07) is 6.87. The van der Waals surface area contributed by atoms with Crippen molar-refractivity contribution in [3.63, 3.8) is 0 Å². The van der Waals surface area contributed by atoms with Crippen LogP contribution < -0.4 is 4.74 Å². The Bertz CT molecular complexity index is 253. The van der Waals surface area contributed by atoms with E-state index in [9.17, 15) is 4.79 Å². The van der Waals surface area contributed by atoms with Crippen molar-refractivity contribution in [2.75, 3.05) is 13.2 Å². The van der Waals surface area contributed by atoms with Crippen molar-refractivity contribution in [3.05, 3.63) is 29.8 Å². The summed E-state index contributed by atoms with van der Waals surface area (Å²) < 4.78 is 5.27. The molecule has 1 N–H and O–H groups in total. The Kier molecular flexibility index (Phi) is 3.99. The smallest absolute Gasteiger partial charge is 0.150 e. The van der Waals surface area contributed by atoms with Gasteiger partial charge in [-0.05, 0) is 24.3 Å². The molecule has 0 spiro atoms. The van der Waals surface area contributed by atoms with Crippen molar-refractivity contribution in [1.29, 1.82) is 0 Å². The van der Waals surface area contributed by atoms with Crippen molar-refractivity contribution in [1.82, 2.24) is 0 Å². The van der Waals surface area contributed by atoms with Crippen LogP contribution in [0.2, 0.25) is 0 Å². The molecule has 3 heteroatoms. The van der Waals surface area contributed by atoms with Crippen molar-refractivity contribution >= 4 is 6.29 Å². The number of carbonyl (C=O) groups excluding carboxylic acids is 1. The van der Waals surface area contributed by atoms with Gasteiger partial charge in [0.25, 0.3) is 0 Å². The van der Waals surface area contributed by atoms with E-state index in [-0.39, 0.29) is 6.61 Å². The Balaban J connectivity index is 2.44. The molecule has 0 aliphatic heterocycles. The molecule has 0 unspecified atom stereocenters. The summed E-state index contributed by atoms with van der Waals surface area (Å²) in [6.45, 7) is 0.628. The normalized spacial score (nSPS) is 9.62. The van der Waals surface area contributed by atoms with Gasteiger partial charge < -0.3 is 9.84 Å². The lowest BCUT2D eigenvalue weighted by Crippen LogP contribution is -1.99. The molecule has 0 bridgehead atoms. The third-order valence-electron chi connectivity index (χ3n) is 1.59. The quantitative estimate of drug-likeness (QED) is 0.548. The second kappa shape index (κ2) is 5.32. The third kappa shape index (κ3) is 3.25. The molecule has 0 saturated heterocycles. The van der Waals surface area contributed by atoms with Crippen LogP contribution >= 0.6 is 0 Å². The van der Waals surface area contributed by atoms with Crippen LogP contribution in [0.15, 0.2) is 24.3 Å². The Hall–Kier alpha value is -1.35. The van der Waals surface area contributed by atoms with Crippen LogP contribution in [0.4, 0.5) is 0 Å². The largest absolute Gasteiger partial charge is 0.494 e. The first-order valence-electron chi connectivity index (χ1n) is 4.15. The lowest BCUT2D eigenvalue weighted by molar-refractivity contribution is 0.112. The predicted molar refractivity (Wildman–Crippen MR) is 49.0 cm³/mol. The summed E-state index contributed by atoms with van der Waals surface area (Å²) in [5, 5.41) is 8.50. The van der Waals surface area contributed by atoms with Crippen LogP contribution in [0.1, 0.15) is 16.8 Å². The maximum absolute atomic E-state index is 10.3. The topological polar surface area (TPSA) is 46.5 Å². The van der Waals surface area contributed by atoms with Gasteiger partial charge in [-0.3, -0.25) is 4.79 Å². The number of hydrogen-bond acceptors (Lipinski definition) is 3. The standard InChI is InChI=1S/C10H12O3/c11-6-1-7-13-10-4-2-9(8-12)3-5-10/h2-5,8,11H,1,6-7H2. The predicted octanol–water partition coefficient (Wildman–Crippen LogP) is 1.26. The minimum atomic E-state index is 0.131. The molecule has 0 aliphatic rings. The fourth-order valence-corrected chi connectivity index (χ4v) is 0.897. The van der Waals surface area contributed by atoms with Crippen molar-refractivity contribution in [3.8, 4) is 5.75 Å². The molecule has 0 saturated carbocycles. The van der Waals surface area contributed by atoms with E-state index in [1.54, 1.807) is 24.3 Å². The lowest BCUT2D eigenvalue weighted by atomic mass is 10.2. The van der Waals surface area contributed by atoms with Crippen LogP contribution in [0.25, 0.3) is 0 Å². The maximum Gasteiger partial charge on any atom is 0.150 e. The van der Waals surface area contributed by atoms with Crippen molar-refractivity contribution < 1.29 is 14.6 Å². The van der Waals surface area contributed by atoms with Gasteiger partial charge in [0.15, 0.2) is 0 Å². The summed E-state index contributed by atoms with van der Waals surface area (Å²) in [5.74, 6) is 0.721. The molecule has 0 fully saturated rings. The van der Waals surface area contributed by atoms with Gasteiger partial charge in [-0.1, -0.05) is 0 Å². The first-order valence-corrected chi connectivity index (χ1v) is 4.15. The molecule has 1 rings (SSSR count). The van der Waals surface area contributed by atoms with E-state index >= 15 is 0 Å². The Labute approximate surface area is 77.0 Å². The number of rotatable bonds is 5. The Morgan fingerprint density at radius 2 is 2.00 bits per heavy atom. The molecule has 0 radical (unpaired) electrons. The van der Waals surface area contributed by atoms with E-state index in [1.807, 2.05) is 0 Å². The molecule has 0 atom stereocenters. The van der Waals surface area contributed by atoms with E-state index in [0.717, 1.165) is 12.0 Å². The van der Waals surface area contributed by atoms with Gasteiger partial charge in [-0.2, -0.15) is 0 Å². The second-order valence-electron chi connectivity index (χ2n) is 2.61. The molecule has 1 aromatic carbocycles. The van der Waals surface area contributed by atoms with Gasteiger partial charge in [-0.25, -0.2) is 0 Å². The summed E-state index contributed by atoms with van der Waals surface area (Å²) in [7, 11) is 0. The molecule has 0 aliphatic carbocycles. The Morgan fingerprint density at radius 3 is 2.54 bits per heavy atom. The van der Waals surface area contributed by atoms with Gasteiger partial charge in [0.2, 0.25) is 0 Å². The third-order valence-corrected chi connectivity index (χ3v) is 1.59. The fourth-order valence-electron chi connectivity index (χ4n) is 0.897. The van der Waals surface area contributed by atoms with Gasteiger partial charge in [0, 0.05) is 18.6 Å². The van der Waals surface area contributed by atoms with Crippen LogP contribution in [0.5, 0.6) is 5.75 Å². The number of aliphatic hydroxyl groups excluding tert-OH is 1. The minimum Gasteiger partial charge on any atom is -0.494 e. The monoisotopic (exact) mass is 180 g/mol. The fraction of sp³-hybridized carbons (Fsp3) is 0.300. The summed E-state index contributed by atoms with van der Waals surface area (Å²) in [5.41, 5.74) is 0.634. The van der Waals surface area contributed by atoms with Gasteiger partial charge >= 0.3 is 0 Å². The first-order chi connectivity index (χ1) is 6.36. The van der Waals surface area contributed by atoms with Crippen LogP contribution in [0.3, 0.4) is 0 Å². The average molecular weight is 180 g/mol. The molecule has 0 aromatic heterocycles. The maximum atomic E-state index is 10.3. The number of aliphatic hydroxyl groups is 1. The van der Waals surface area contributed by atoms with E-state index < -0.39 is 0 Å². The highest BCUT2D eigenvalue weighted by Gasteiger charge is 1.93. The van der Waals surface area contributed by atoms with Crippen molar-refractivity contribution in [2.45, 2.75) is 6.42 Å². The number of ether oxygens (including phenoxy) is 1.